The third-order valence-electron chi connectivity index (χ3n) is 4.10. The van der Waals surface area contributed by atoms with E-state index in [-0.39, 0.29) is 22.4 Å². The molecule has 2 rings (SSSR count). The zero-order valence-electron chi connectivity index (χ0n) is 9.52. The molecule has 0 aromatic heterocycles. The first kappa shape index (κ1) is 9.47. The lowest BCUT2D eigenvalue weighted by molar-refractivity contribution is 0.219. The summed E-state index contributed by atoms with van der Waals surface area (Å²) in [7, 11) is 0. The molecule has 76 valence electrons. The first-order valence-corrected chi connectivity index (χ1v) is 5.02. The molecule has 0 saturated carbocycles. The van der Waals surface area contributed by atoms with Crippen LogP contribution in [0.2, 0.25) is 0 Å². The van der Waals surface area contributed by atoms with Gasteiger partial charge in [-0.25, -0.2) is 0 Å². The lowest BCUT2D eigenvalue weighted by Crippen LogP contribution is -2.27. The summed E-state index contributed by atoms with van der Waals surface area (Å²) in [5, 5.41) is 0. The molecule has 0 amide bonds. The van der Waals surface area contributed by atoms with Crippen LogP contribution in [0, 0.1) is 0 Å². The van der Waals surface area contributed by atoms with Crippen molar-refractivity contribution in [2.75, 3.05) is 0 Å². The van der Waals surface area contributed by atoms with E-state index in [0.717, 1.165) is 6.42 Å². The van der Waals surface area contributed by atoms with E-state index in [0.29, 0.717) is 0 Å². The van der Waals surface area contributed by atoms with Crippen LogP contribution in [0.25, 0.3) is 0 Å². The fourth-order valence-corrected chi connectivity index (χ4v) is 2.22. The van der Waals surface area contributed by atoms with Crippen LogP contribution in [0.5, 0.6) is 0 Å². The van der Waals surface area contributed by atoms with E-state index in [1.807, 2.05) is 0 Å². The van der Waals surface area contributed by atoms with Gasteiger partial charge in [-0.2, -0.15) is 0 Å². The SMILES string of the molecule is CC1(C)OC1(C)CC1(C)OC1(C)C. The summed E-state index contributed by atoms with van der Waals surface area (Å²) in [4.78, 5) is 0. The molecule has 2 aliphatic heterocycles. The molecule has 0 radical (unpaired) electrons. The minimum atomic E-state index is 0.0233. The van der Waals surface area contributed by atoms with E-state index in [1.54, 1.807) is 0 Å². The van der Waals surface area contributed by atoms with Gasteiger partial charge in [-0.1, -0.05) is 0 Å². The molecule has 2 heteroatoms. The third kappa shape index (κ3) is 1.15. The lowest BCUT2D eigenvalue weighted by atomic mass is 9.83. The van der Waals surface area contributed by atoms with Crippen molar-refractivity contribution in [2.24, 2.45) is 0 Å². The minimum absolute atomic E-state index is 0.0233. The van der Waals surface area contributed by atoms with E-state index < -0.39 is 0 Å². The Balaban J connectivity index is 2.02. The third-order valence-corrected chi connectivity index (χ3v) is 4.10. The second-order valence-electron chi connectivity index (χ2n) is 5.86. The van der Waals surface area contributed by atoms with Crippen LogP contribution in [0.4, 0.5) is 0 Å². The Kier molecular flexibility index (Phi) is 1.43. The number of hydrogen-bond donors (Lipinski definition) is 0. The van der Waals surface area contributed by atoms with Gasteiger partial charge >= 0.3 is 0 Å². The summed E-state index contributed by atoms with van der Waals surface area (Å²) in [6.45, 7) is 12.9. The first-order chi connectivity index (χ1) is 5.62. The molecule has 2 heterocycles. The van der Waals surface area contributed by atoms with Gasteiger partial charge in [0.25, 0.3) is 0 Å². The number of hydrogen-bond acceptors (Lipinski definition) is 2. The van der Waals surface area contributed by atoms with E-state index in [9.17, 15) is 0 Å². The summed E-state index contributed by atoms with van der Waals surface area (Å²) in [6.07, 6.45) is 1.00. The van der Waals surface area contributed by atoms with E-state index >= 15 is 0 Å². The van der Waals surface area contributed by atoms with Gasteiger partial charge in [-0.15, -0.1) is 0 Å². The largest absolute Gasteiger partial charge is 0.363 e. The normalized spacial score (nSPS) is 50.3. The van der Waals surface area contributed by atoms with Gasteiger partial charge < -0.3 is 9.47 Å². The summed E-state index contributed by atoms with van der Waals surface area (Å²) < 4.78 is 11.4. The molecular formula is C11H20O2. The molecule has 2 unspecified atom stereocenters. The highest BCUT2D eigenvalue weighted by molar-refractivity contribution is 5.18. The van der Waals surface area contributed by atoms with Crippen molar-refractivity contribution >= 4 is 0 Å². The number of ether oxygens (including phenoxy) is 2. The Bertz CT molecular complexity index is 231. The molecule has 13 heavy (non-hydrogen) atoms. The molecule has 2 aliphatic rings. The van der Waals surface area contributed by atoms with Crippen LogP contribution in [-0.2, 0) is 9.47 Å². The summed E-state index contributed by atoms with van der Waals surface area (Å²) in [6, 6.07) is 0. The number of rotatable bonds is 2. The van der Waals surface area contributed by atoms with Crippen molar-refractivity contribution in [2.45, 2.75) is 70.4 Å². The van der Waals surface area contributed by atoms with Gasteiger partial charge in [0, 0.05) is 6.42 Å². The molecule has 0 spiro atoms. The zero-order valence-corrected chi connectivity index (χ0v) is 9.52. The van der Waals surface area contributed by atoms with Crippen molar-refractivity contribution in [1.82, 2.24) is 0 Å². The maximum absolute atomic E-state index is 5.72. The monoisotopic (exact) mass is 184 g/mol. The highest BCUT2D eigenvalue weighted by Gasteiger charge is 2.70. The number of epoxide rings is 2. The van der Waals surface area contributed by atoms with Crippen LogP contribution in [0.3, 0.4) is 0 Å². The molecule has 0 bridgehead atoms. The Labute approximate surface area is 80.6 Å². The first-order valence-electron chi connectivity index (χ1n) is 5.02. The smallest absolute Gasteiger partial charge is 0.0974 e. The fraction of sp³-hybridized carbons (Fsp3) is 1.00. The predicted molar refractivity (Wildman–Crippen MR) is 51.8 cm³/mol. The van der Waals surface area contributed by atoms with Gasteiger partial charge in [0.2, 0.25) is 0 Å². The van der Waals surface area contributed by atoms with E-state index in [2.05, 4.69) is 41.5 Å². The molecule has 2 atom stereocenters. The van der Waals surface area contributed by atoms with E-state index in [4.69, 9.17) is 9.47 Å². The van der Waals surface area contributed by atoms with Gasteiger partial charge in [-0.05, 0) is 41.5 Å². The average Bonchev–Trinajstić information content (AvgIpc) is 2.43. The second-order valence-corrected chi connectivity index (χ2v) is 5.86. The molecule has 0 aliphatic carbocycles. The Morgan fingerprint density at radius 1 is 0.692 bits per heavy atom. The summed E-state index contributed by atoms with van der Waals surface area (Å²) in [5.74, 6) is 0. The standard InChI is InChI=1S/C11H20O2/c1-8(2)10(5,12-8)7-11(6)9(3,4)13-11/h7H2,1-6H3. The highest BCUT2D eigenvalue weighted by Crippen LogP contribution is 2.59. The van der Waals surface area contributed by atoms with Gasteiger partial charge in [0.15, 0.2) is 0 Å². The highest BCUT2D eigenvalue weighted by atomic mass is 16.6. The molecule has 2 nitrogen and oxygen atoms in total. The van der Waals surface area contributed by atoms with Crippen LogP contribution >= 0.6 is 0 Å². The molecule has 0 aromatic rings. The van der Waals surface area contributed by atoms with Crippen LogP contribution in [-0.4, -0.2) is 22.4 Å². The quantitative estimate of drug-likeness (QED) is 0.616. The zero-order chi connectivity index (χ0) is 10.1. The summed E-state index contributed by atoms with van der Waals surface area (Å²) >= 11 is 0. The maximum Gasteiger partial charge on any atom is 0.0974 e. The molecule has 2 saturated heterocycles. The predicted octanol–water partition coefficient (Wildman–Crippen LogP) is 2.51. The van der Waals surface area contributed by atoms with Crippen molar-refractivity contribution in [3.63, 3.8) is 0 Å². The molecular weight excluding hydrogens is 164 g/mol. The van der Waals surface area contributed by atoms with Crippen LogP contribution in [0.1, 0.15) is 48.0 Å². The van der Waals surface area contributed by atoms with E-state index in [1.165, 1.54) is 0 Å². The lowest BCUT2D eigenvalue weighted by Gasteiger charge is -2.14. The molecule has 0 aromatic carbocycles. The fourth-order valence-electron chi connectivity index (χ4n) is 2.22. The van der Waals surface area contributed by atoms with Crippen LogP contribution < -0.4 is 0 Å². The second kappa shape index (κ2) is 1.96. The van der Waals surface area contributed by atoms with Crippen molar-refractivity contribution in [1.29, 1.82) is 0 Å². The summed E-state index contributed by atoms with van der Waals surface area (Å²) in [5.41, 5.74) is 0.126. The Morgan fingerprint density at radius 3 is 1.08 bits per heavy atom. The van der Waals surface area contributed by atoms with Gasteiger partial charge in [0.1, 0.15) is 0 Å². The molecule has 2 fully saturated rings. The maximum atomic E-state index is 5.72. The minimum Gasteiger partial charge on any atom is -0.363 e. The molecule has 0 N–H and O–H groups in total. The topological polar surface area (TPSA) is 25.1 Å². The Morgan fingerprint density at radius 2 is 0.923 bits per heavy atom. The van der Waals surface area contributed by atoms with Crippen molar-refractivity contribution in [3.8, 4) is 0 Å². The van der Waals surface area contributed by atoms with Crippen molar-refractivity contribution in [3.05, 3.63) is 0 Å². The Hall–Kier alpha value is -0.0800. The van der Waals surface area contributed by atoms with Gasteiger partial charge in [0.05, 0.1) is 22.4 Å². The van der Waals surface area contributed by atoms with Crippen LogP contribution in [0.15, 0.2) is 0 Å². The average molecular weight is 184 g/mol. The van der Waals surface area contributed by atoms with Crippen molar-refractivity contribution < 1.29 is 9.47 Å². The van der Waals surface area contributed by atoms with Gasteiger partial charge in [-0.3, -0.25) is 0 Å².